The zero-order valence-electron chi connectivity index (χ0n) is 17.0. The van der Waals surface area contributed by atoms with Gasteiger partial charge in [-0.25, -0.2) is 9.38 Å². The van der Waals surface area contributed by atoms with E-state index in [1.54, 1.807) is 12.1 Å². The van der Waals surface area contributed by atoms with Gasteiger partial charge in [-0.3, -0.25) is 0 Å². The Morgan fingerprint density at radius 3 is 2.61 bits per heavy atom. The number of halogens is 1. The molecule has 0 atom stereocenters. The van der Waals surface area contributed by atoms with Gasteiger partial charge in [-0.1, -0.05) is 24.3 Å². The van der Waals surface area contributed by atoms with Crippen LogP contribution in [-0.2, 0) is 13.0 Å². The highest BCUT2D eigenvalue weighted by atomic mass is 19.1. The lowest BCUT2D eigenvalue weighted by atomic mass is 10.1. The zero-order valence-corrected chi connectivity index (χ0v) is 17.0. The van der Waals surface area contributed by atoms with Crippen molar-refractivity contribution in [2.75, 3.05) is 40.3 Å². The van der Waals surface area contributed by atoms with Crippen LogP contribution in [0.1, 0.15) is 18.1 Å². The van der Waals surface area contributed by atoms with Crippen molar-refractivity contribution < 1.29 is 9.13 Å². The average molecular weight is 387 g/mol. The van der Waals surface area contributed by atoms with Crippen LogP contribution in [0.15, 0.2) is 53.5 Å². The van der Waals surface area contributed by atoms with Gasteiger partial charge in [0, 0.05) is 19.6 Å². The highest BCUT2D eigenvalue weighted by Gasteiger charge is 2.01. The molecule has 2 aromatic rings. The monoisotopic (exact) mass is 386 g/mol. The Hall–Kier alpha value is -2.60. The Kier molecular flexibility index (Phi) is 9.28. The van der Waals surface area contributed by atoms with E-state index in [1.807, 2.05) is 51.4 Å². The number of nitrogens with one attached hydrogen (secondary N) is 2. The van der Waals surface area contributed by atoms with Crippen LogP contribution in [0, 0.1) is 5.82 Å². The van der Waals surface area contributed by atoms with E-state index in [4.69, 9.17) is 4.74 Å². The lowest BCUT2D eigenvalue weighted by Crippen LogP contribution is -2.38. The number of aliphatic imine (C=N–C) groups is 1. The van der Waals surface area contributed by atoms with Gasteiger partial charge in [0.05, 0.1) is 6.54 Å². The summed E-state index contributed by atoms with van der Waals surface area (Å²) >= 11 is 0. The van der Waals surface area contributed by atoms with E-state index in [0.717, 1.165) is 42.3 Å². The molecule has 2 aromatic carbocycles. The van der Waals surface area contributed by atoms with Crippen LogP contribution in [0.5, 0.6) is 5.75 Å². The molecule has 5 nitrogen and oxygen atoms in total. The van der Waals surface area contributed by atoms with Crippen molar-refractivity contribution in [3.63, 3.8) is 0 Å². The summed E-state index contributed by atoms with van der Waals surface area (Å²) < 4.78 is 19.0. The summed E-state index contributed by atoms with van der Waals surface area (Å²) in [5.74, 6) is 1.40. The van der Waals surface area contributed by atoms with Gasteiger partial charge in [-0.05, 0) is 62.8 Å². The average Bonchev–Trinajstić information content (AvgIpc) is 2.66. The molecular formula is C22H31FN4O. The lowest BCUT2D eigenvalue weighted by molar-refractivity contribution is 0.261. The normalized spacial score (nSPS) is 11.5. The predicted molar refractivity (Wildman–Crippen MR) is 113 cm³/mol. The minimum atomic E-state index is -0.203. The number of hydrogen-bond donors (Lipinski definition) is 2. The molecular weight excluding hydrogens is 355 g/mol. The summed E-state index contributed by atoms with van der Waals surface area (Å²) in [6.07, 6.45) is 0.734. The van der Waals surface area contributed by atoms with Gasteiger partial charge in [0.2, 0.25) is 0 Å². The number of likely N-dealkylation sites (N-methyl/N-ethyl adjacent to an activating group) is 1. The van der Waals surface area contributed by atoms with Crippen molar-refractivity contribution in [2.45, 2.75) is 19.9 Å². The lowest BCUT2D eigenvalue weighted by Gasteiger charge is -2.12. The van der Waals surface area contributed by atoms with Gasteiger partial charge in [0.1, 0.15) is 18.2 Å². The van der Waals surface area contributed by atoms with Gasteiger partial charge < -0.3 is 20.3 Å². The second-order valence-electron chi connectivity index (χ2n) is 6.80. The number of guanidine groups is 1. The van der Waals surface area contributed by atoms with Gasteiger partial charge in [0.25, 0.3) is 0 Å². The van der Waals surface area contributed by atoms with E-state index in [9.17, 15) is 4.39 Å². The third kappa shape index (κ3) is 8.39. The highest BCUT2D eigenvalue weighted by Crippen LogP contribution is 2.14. The second-order valence-corrected chi connectivity index (χ2v) is 6.80. The molecule has 0 fully saturated rings. The topological polar surface area (TPSA) is 48.9 Å². The minimum absolute atomic E-state index is 0.203. The molecule has 0 aliphatic rings. The Labute approximate surface area is 167 Å². The molecule has 152 valence electrons. The third-order valence-electron chi connectivity index (χ3n) is 4.06. The Morgan fingerprint density at radius 2 is 1.86 bits per heavy atom. The van der Waals surface area contributed by atoms with Crippen LogP contribution >= 0.6 is 0 Å². The SMILES string of the molecule is CCNC(=NCc1cccc(OCCN(C)C)c1)NCCc1cccc(F)c1. The standard InChI is InChI=1S/C22H31FN4O/c1-4-24-22(25-12-11-18-7-5-9-20(23)15-18)26-17-19-8-6-10-21(16-19)28-14-13-27(2)3/h5-10,15-16H,4,11-14,17H2,1-3H3,(H2,24,25,26). The summed E-state index contributed by atoms with van der Waals surface area (Å²) in [4.78, 5) is 6.73. The Bertz CT molecular complexity index is 749. The number of nitrogens with zero attached hydrogens (tertiary/aromatic N) is 2. The molecule has 0 heterocycles. The molecule has 0 unspecified atom stereocenters. The van der Waals surface area contributed by atoms with Crippen LogP contribution in [0.3, 0.4) is 0 Å². The van der Waals surface area contributed by atoms with E-state index < -0.39 is 0 Å². The van der Waals surface area contributed by atoms with Crippen LogP contribution in [-0.4, -0.2) is 51.2 Å². The fourth-order valence-electron chi connectivity index (χ4n) is 2.61. The van der Waals surface area contributed by atoms with Crippen molar-refractivity contribution in [1.82, 2.24) is 15.5 Å². The number of ether oxygens (including phenoxy) is 1. The molecule has 0 aliphatic heterocycles. The fraction of sp³-hybridized carbons (Fsp3) is 0.409. The first-order valence-corrected chi connectivity index (χ1v) is 9.70. The smallest absolute Gasteiger partial charge is 0.191 e. The molecule has 0 aliphatic carbocycles. The molecule has 0 amide bonds. The number of rotatable bonds is 10. The molecule has 6 heteroatoms. The van der Waals surface area contributed by atoms with Crippen LogP contribution < -0.4 is 15.4 Å². The van der Waals surface area contributed by atoms with Crippen molar-refractivity contribution in [3.8, 4) is 5.75 Å². The molecule has 0 bridgehead atoms. The quantitative estimate of drug-likeness (QED) is 0.487. The van der Waals surface area contributed by atoms with E-state index >= 15 is 0 Å². The van der Waals surface area contributed by atoms with E-state index in [0.29, 0.717) is 19.7 Å². The zero-order chi connectivity index (χ0) is 20.2. The van der Waals surface area contributed by atoms with Gasteiger partial charge >= 0.3 is 0 Å². The van der Waals surface area contributed by atoms with E-state index in [-0.39, 0.29) is 5.82 Å². The third-order valence-corrected chi connectivity index (χ3v) is 4.06. The first-order chi connectivity index (χ1) is 13.6. The molecule has 0 aromatic heterocycles. The van der Waals surface area contributed by atoms with Crippen molar-refractivity contribution in [2.24, 2.45) is 4.99 Å². The summed E-state index contributed by atoms with van der Waals surface area (Å²) in [6.45, 7) is 5.58. The van der Waals surface area contributed by atoms with Crippen molar-refractivity contribution in [1.29, 1.82) is 0 Å². The van der Waals surface area contributed by atoms with Gasteiger partial charge in [-0.15, -0.1) is 0 Å². The first-order valence-electron chi connectivity index (χ1n) is 9.70. The Morgan fingerprint density at radius 1 is 1.07 bits per heavy atom. The number of hydrogen-bond acceptors (Lipinski definition) is 3. The summed E-state index contributed by atoms with van der Waals surface area (Å²) in [5, 5.41) is 6.54. The van der Waals surface area contributed by atoms with Crippen molar-refractivity contribution >= 4 is 5.96 Å². The summed E-state index contributed by atoms with van der Waals surface area (Å²) in [7, 11) is 4.05. The van der Waals surface area contributed by atoms with Gasteiger partial charge in [0.15, 0.2) is 5.96 Å². The molecule has 2 N–H and O–H groups in total. The maximum absolute atomic E-state index is 13.3. The molecule has 0 spiro atoms. The highest BCUT2D eigenvalue weighted by molar-refractivity contribution is 5.79. The largest absolute Gasteiger partial charge is 0.492 e. The van der Waals surface area contributed by atoms with E-state index in [1.165, 1.54) is 6.07 Å². The molecule has 28 heavy (non-hydrogen) atoms. The molecule has 0 saturated heterocycles. The maximum Gasteiger partial charge on any atom is 0.191 e. The van der Waals surface area contributed by atoms with Crippen molar-refractivity contribution in [3.05, 3.63) is 65.5 Å². The summed E-state index contributed by atoms with van der Waals surface area (Å²) in [5.41, 5.74) is 2.05. The number of benzene rings is 2. The minimum Gasteiger partial charge on any atom is -0.492 e. The maximum atomic E-state index is 13.3. The Balaban J connectivity index is 1.87. The fourth-order valence-corrected chi connectivity index (χ4v) is 2.61. The summed E-state index contributed by atoms with van der Waals surface area (Å²) in [6, 6.07) is 14.7. The van der Waals surface area contributed by atoms with Crippen LogP contribution in [0.25, 0.3) is 0 Å². The van der Waals surface area contributed by atoms with Gasteiger partial charge in [-0.2, -0.15) is 0 Å². The van der Waals surface area contributed by atoms with Crippen LogP contribution in [0.4, 0.5) is 4.39 Å². The molecule has 0 radical (unpaired) electrons. The van der Waals surface area contributed by atoms with E-state index in [2.05, 4.69) is 20.5 Å². The first kappa shape index (κ1) is 21.7. The molecule has 0 saturated carbocycles. The predicted octanol–water partition coefficient (Wildman–Crippen LogP) is 3.06. The second kappa shape index (κ2) is 12.0. The van der Waals surface area contributed by atoms with Crippen LogP contribution in [0.2, 0.25) is 0 Å². The molecule has 2 rings (SSSR count).